The number of nitriles is 1. The number of hydrogen-bond donors (Lipinski definition) is 1. The Morgan fingerprint density at radius 1 is 1.09 bits per heavy atom. The highest BCUT2D eigenvalue weighted by Gasteiger charge is 2.21. The molecule has 2 aromatic heterocycles. The van der Waals surface area contributed by atoms with Crippen LogP contribution < -0.4 is 9.64 Å². The molecule has 0 radical (unpaired) electrons. The quantitative estimate of drug-likeness (QED) is 0.446. The van der Waals surface area contributed by atoms with Crippen LogP contribution in [0.1, 0.15) is 5.56 Å². The minimum absolute atomic E-state index is 0.232. The summed E-state index contributed by atoms with van der Waals surface area (Å²) in [6.45, 7) is 4.11. The van der Waals surface area contributed by atoms with Gasteiger partial charge in [0.05, 0.1) is 11.3 Å². The number of benzene rings is 2. The summed E-state index contributed by atoms with van der Waals surface area (Å²) in [4.78, 5) is 4.47. The summed E-state index contributed by atoms with van der Waals surface area (Å²) in [7, 11) is 0. The smallest absolute Gasteiger partial charge is 0.178 e. The van der Waals surface area contributed by atoms with Gasteiger partial charge in [-0.3, -0.25) is 4.90 Å². The van der Waals surface area contributed by atoms with Gasteiger partial charge < -0.3 is 19.3 Å². The summed E-state index contributed by atoms with van der Waals surface area (Å²) in [5.74, 6) is 0.710. The van der Waals surface area contributed by atoms with E-state index in [0.717, 1.165) is 53.4 Å². The van der Waals surface area contributed by atoms with Gasteiger partial charge in [-0.15, -0.1) is 11.3 Å². The van der Waals surface area contributed by atoms with Crippen molar-refractivity contribution in [2.24, 2.45) is 0 Å². The Balaban J connectivity index is 1.10. The number of nitrogens with zero attached hydrogens (tertiary/aromatic N) is 4. The molecule has 33 heavy (non-hydrogen) atoms. The van der Waals surface area contributed by atoms with Crippen molar-refractivity contribution >= 4 is 27.3 Å². The largest absolute Gasteiger partial charge is 0.491 e. The molecule has 168 valence electrons. The van der Waals surface area contributed by atoms with Crippen molar-refractivity contribution < 1.29 is 14.4 Å². The van der Waals surface area contributed by atoms with E-state index in [-0.39, 0.29) is 6.61 Å². The molecule has 4 aromatic rings. The van der Waals surface area contributed by atoms with Crippen LogP contribution >= 0.6 is 11.3 Å². The van der Waals surface area contributed by atoms with Crippen molar-refractivity contribution in [2.75, 3.05) is 44.2 Å². The second-order valence-corrected chi connectivity index (χ2v) is 8.97. The first-order valence-electron chi connectivity index (χ1n) is 10.9. The van der Waals surface area contributed by atoms with Crippen molar-refractivity contribution in [1.29, 1.82) is 5.26 Å². The van der Waals surface area contributed by atoms with E-state index >= 15 is 0 Å². The van der Waals surface area contributed by atoms with Crippen LogP contribution in [0.2, 0.25) is 0 Å². The highest BCUT2D eigenvalue weighted by Crippen LogP contribution is 2.32. The van der Waals surface area contributed by atoms with E-state index in [0.29, 0.717) is 17.9 Å². The van der Waals surface area contributed by atoms with Crippen LogP contribution in [0, 0.1) is 11.3 Å². The highest BCUT2D eigenvalue weighted by atomic mass is 32.1. The Kier molecular flexibility index (Phi) is 6.26. The molecule has 0 amide bonds. The van der Waals surface area contributed by atoms with Crippen LogP contribution in [0.3, 0.4) is 0 Å². The Morgan fingerprint density at radius 2 is 1.88 bits per heavy atom. The van der Waals surface area contributed by atoms with Crippen molar-refractivity contribution in [3.05, 3.63) is 65.5 Å². The number of anilines is 1. The fourth-order valence-electron chi connectivity index (χ4n) is 4.13. The number of β-amino-alcohol motifs (C(OH)–C–C–N with tert-alkyl or cyclic N) is 1. The summed E-state index contributed by atoms with van der Waals surface area (Å²) in [5.41, 5.74) is 4.29. The summed E-state index contributed by atoms with van der Waals surface area (Å²) < 4.78 is 12.2. The van der Waals surface area contributed by atoms with Crippen LogP contribution in [0.5, 0.6) is 5.75 Å². The van der Waals surface area contributed by atoms with Gasteiger partial charge in [-0.05, 0) is 47.8 Å². The van der Waals surface area contributed by atoms with Gasteiger partial charge in [0.25, 0.3) is 0 Å². The maximum atomic E-state index is 10.5. The van der Waals surface area contributed by atoms with Gasteiger partial charge in [0.1, 0.15) is 34.9 Å². The third kappa shape index (κ3) is 4.71. The van der Waals surface area contributed by atoms with Gasteiger partial charge in [-0.2, -0.15) is 5.26 Å². The summed E-state index contributed by atoms with van der Waals surface area (Å²) in [6, 6.07) is 19.6. The third-order valence-corrected chi connectivity index (χ3v) is 6.76. The molecular formula is C25H24N4O3S. The molecule has 1 atom stereocenters. The number of hydrogen-bond acceptors (Lipinski definition) is 8. The van der Waals surface area contributed by atoms with Gasteiger partial charge in [0.15, 0.2) is 5.58 Å². The van der Waals surface area contributed by atoms with E-state index in [2.05, 4.69) is 21.0 Å². The van der Waals surface area contributed by atoms with Gasteiger partial charge in [0.2, 0.25) is 0 Å². The number of para-hydroxylation sites is 1. The molecule has 1 fully saturated rings. The first-order chi connectivity index (χ1) is 16.2. The molecule has 0 bridgehead atoms. The van der Waals surface area contributed by atoms with E-state index in [4.69, 9.17) is 9.26 Å². The maximum Gasteiger partial charge on any atom is 0.178 e. The number of aliphatic hydroxyl groups is 1. The Morgan fingerprint density at radius 3 is 2.67 bits per heavy atom. The second kappa shape index (κ2) is 9.63. The minimum Gasteiger partial charge on any atom is -0.491 e. The second-order valence-electron chi connectivity index (χ2n) is 8.05. The average Bonchev–Trinajstić information content (AvgIpc) is 3.48. The van der Waals surface area contributed by atoms with Crippen LogP contribution in [0.25, 0.3) is 21.5 Å². The lowest BCUT2D eigenvalue weighted by Crippen LogP contribution is -2.49. The van der Waals surface area contributed by atoms with Crippen LogP contribution in [-0.4, -0.2) is 60.6 Å². The lowest BCUT2D eigenvalue weighted by Gasteiger charge is -2.37. The number of ether oxygens (including phenoxy) is 1. The summed E-state index contributed by atoms with van der Waals surface area (Å²) in [6.07, 6.45) is -0.580. The number of rotatable bonds is 7. The normalized spacial score (nSPS) is 15.5. The zero-order valence-corrected chi connectivity index (χ0v) is 18.9. The van der Waals surface area contributed by atoms with Crippen LogP contribution in [0.15, 0.2) is 64.5 Å². The first-order valence-corrected chi connectivity index (χ1v) is 11.8. The zero-order valence-electron chi connectivity index (χ0n) is 18.1. The number of fused-ring (bicyclic) bond motifs is 1. The molecule has 3 heterocycles. The van der Waals surface area contributed by atoms with Gasteiger partial charge in [-0.1, -0.05) is 17.3 Å². The fourth-order valence-corrected chi connectivity index (χ4v) is 4.95. The predicted molar refractivity (Wildman–Crippen MR) is 129 cm³/mol. The van der Waals surface area contributed by atoms with Gasteiger partial charge in [0, 0.05) is 38.3 Å². The number of aromatic nitrogens is 1. The Bertz CT molecular complexity index is 1250. The van der Waals surface area contributed by atoms with Crippen molar-refractivity contribution in [3.63, 3.8) is 0 Å². The van der Waals surface area contributed by atoms with Gasteiger partial charge in [-0.25, -0.2) is 0 Å². The molecule has 7 nitrogen and oxygen atoms in total. The third-order valence-electron chi connectivity index (χ3n) is 5.86. The molecule has 1 unspecified atom stereocenters. The molecule has 0 saturated carbocycles. The summed E-state index contributed by atoms with van der Waals surface area (Å²) in [5, 5.41) is 26.0. The Hall–Kier alpha value is -3.38. The number of aliphatic hydroxyl groups excluding tert-OH is 1. The van der Waals surface area contributed by atoms with Crippen LogP contribution in [-0.2, 0) is 0 Å². The molecule has 0 spiro atoms. The molecular weight excluding hydrogens is 436 g/mol. The number of thiophene rings is 1. The van der Waals surface area contributed by atoms with Gasteiger partial charge >= 0.3 is 0 Å². The van der Waals surface area contributed by atoms with E-state index in [1.807, 2.05) is 60.0 Å². The monoisotopic (exact) mass is 460 g/mol. The molecule has 5 rings (SSSR count). The molecule has 1 aliphatic heterocycles. The molecule has 1 N–H and O–H groups in total. The average molecular weight is 461 g/mol. The number of piperazine rings is 1. The molecule has 8 heteroatoms. The van der Waals surface area contributed by atoms with Crippen molar-refractivity contribution in [2.45, 2.75) is 6.10 Å². The maximum absolute atomic E-state index is 10.5. The zero-order chi connectivity index (χ0) is 22.6. The predicted octanol–water partition coefficient (Wildman–Crippen LogP) is 3.99. The van der Waals surface area contributed by atoms with E-state index in [1.54, 1.807) is 11.3 Å². The van der Waals surface area contributed by atoms with Crippen LogP contribution in [0.4, 0.5) is 5.69 Å². The fraction of sp³-hybridized carbons (Fsp3) is 0.280. The Labute approximate surface area is 196 Å². The molecule has 1 saturated heterocycles. The van der Waals surface area contributed by atoms with Crippen molar-refractivity contribution in [3.8, 4) is 23.1 Å². The highest BCUT2D eigenvalue weighted by molar-refractivity contribution is 7.17. The minimum atomic E-state index is -0.580. The SMILES string of the molecule is N#Cc1ccccc1N1CCN(CC(O)COc2ccc(-c3noc4ccsc34)cc2)CC1. The lowest BCUT2D eigenvalue weighted by atomic mass is 10.1. The lowest BCUT2D eigenvalue weighted by molar-refractivity contribution is 0.0663. The standard InChI is InChI=1S/C25H24N4O3S/c26-15-19-3-1-2-4-22(19)29-12-10-28(11-13-29)16-20(30)17-31-21-7-5-18(6-8-21)24-25-23(32-27-24)9-14-33-25/h1-9,14,20,30H,10-13,16-17H2. The van der Waals surface area contributed by atoms with E-state index in [1.165, 1.54) is 0 Å². The first kappa shape index (κ1) is 21.5. The van der Waals surface area contributed by atoms with Crippen molar-refractivity contribution in [1.82, 2.24) is 10.1 Å². The topological polar surface area (TPSA) is 85.8 Å². The molecule has 2 aromatic carbocycles. The summed E-state index contributed by atoms with van der Waals surface area (Å²) >= 11 is 1.61. The van der Waals surface area contributed by atoms with E-state index < -0.39 is 6.10 Å². The molecule has 1 aliphatic rings. The molecule has 0 aliphatic carbocycles. The van der Waals surface area contributed by atoms with E-state index in [9.17, 15) is 10.4 Å².